The molecule has 1 aromatic carbocycles. The predicted molar refractivity (Wildman–Crippen MR) is 89.3 cm³/mol. The van der Waals surface area contributed by atoms with Crippen LogP contribution in [0.1, 0.15) is 43.0 Å². The molecular weight excluding hydrogens is 330 g/mol. The van der Waals surface area contributed by atoms with E-state index in [1.54, 1.807) is 13.2 Å². The van der Waals surface area contributed by atoms with Gasteiger partial charge in [-0.15, -0.1) is 0 Å². The van der Waals surface area contributed by atoms with Gasteiger partial charge in [0.25, 0.3) is 0 Å². The average molecular weight is 350 g/mol. The molecule has 2 aromatic rings. The largest absolute Gasteiger partial charge is 0.496 e. The van der Waals surface area contributed by atoms with Crippen LogP contribution in [-0.4, -0.2) is 41.1 Å². The summed E-state index contributed by atoms with van der Waals surface area (Å²) in [7, 11) is 1.62. The van der Waals surface area contributed by atoms with E-state index in [2.05, 4.69) is 10.1 Å². The Morgan fingerprint density at radius 2 is 2.33 bits per heavy atom. The fraction of sp³-hybridized carbons (Fsp3) is 0.471. The van der Waals surface area contributed by atoms with Gasteiger partial charge in [-0.2, -0.15) is 4.98 Å². The minimum Gasteiger partial charge on any atom is -0.496 e. The number of carbonyl (C=O) groups excluding carboxylic acids is 1. The zero-order chi connectivity index (χ0) is 17.1. The number of methoxy groups -OCH3 is 1. The lowest BCUT2D eigenvalue weighted by Gasteiger charge is -2.13. The monoisotopic (exact) mass is 349 g/mol. The van der Waals surface area contributed by atoms with Crippen molar-refractivity contribution in [1.82, 2.24) is 15.0 Å². The molecule has 6 nitrogen and oxygen atoms in total. The molecule has 1 atom stereocenters. The number of ether oxygens (including phenoxy) is 1. The highest BCUT2D eigenvalue weighted by molar-refractivity contribution is 6.30. The van der Waals surface area contributed by atoms with Crippen LogP contribution in [-0.2, 0) is 11.2 Å². The molecule has 1 saturated heterocycles. The highest BCUT2D eigenvalue weighted by Crippen LogP contribution is 2.28. The van der Waals surface area contributed by atoms with E-state index >= 15 is 0 Å². The van der Waals surface area contributed by atoms with E-state index in [1.165, 1.54) is 0 Å². The SMILES string of the molecule is CCC(=O)N1CC[C@@H](c2nc(Cc3cc(Cl)ccc3OC)no2)C1. The molecular formula is C17H20ClN3O3. The zero-order valence-corrected chi connectivity index (χ0v) is 14.5. The maximum Gasteiger partial charge on any atom is 0.231 e. The Balaban J connectivity index is 1.71. The summed E-state index contributed by atoms with van der Waals surface area (Å²) in [6, 6.07) is 5.45. The van der Waals surface area contributed by atoms with E-state index in [9.17, 15) is 4.79 Å². The van der Waals surface area contributed by atoms with Crippen LogP contribution in [0, 0.1) is 0 Å². The molecule has 0 saturated carbocycles. The lowest BCUT2D eigenvalue weighted by Crippen LogP contribution is -2.27. The van der Waals surface area contributed by atoms with Crippen LogP contribution in [0.2, 0.25) is 5.02 Å². The summed E-state index contributed by atoms with van der Waals surface area (Å²) < 4.78 is 10.8. The minimum absolute atomic E-state index is 0.114. The molecule has 7 heteroatoms. The molecule has 1 aliphatic heterocycles. The van der Waals surface area contributed by atoms with Crippen LogP contribution in [0.5, 0.6) is 5.75 Å². The number of nitrogens with zero attached hydrogens (tertiary/aromatic N) is 3. The molecule has 0 bridgehead atoms. The maximum absolute atomic E-state index is 11.8. The molecule has 0 radical (unpaired) electrons. The van der Waals surface area contributed by atoms with Crippen molar-refractivity contribution in [3.8, 4) is 5.75 Å². The molecule has 0 unspecified atom stereocenters. The van der Waals surface area contributed by atoms with Gasteiger partial charge < -0.3 is 14.2 Å². The lowest BCUT2D eigenvalue weighted by atomic mass is 10.1. The molecule has 1 aromatic heterocycles. The Morgan fingerprint density at radius 1 is 1.50 bits per heavy atom. The molecule has 1 aliphatic rings. The Kier molecular flexibility index (Phi) is 5.04. The Bertz CT molecular complexity index is 732. The van der Waals surface area contributed by atoms with Crippen LogP contribution in [0.25, 0.3) is 0 Å². The number of aromatic nitrogens is 2. The molecule has 2 heterocycles. The lowest BCUT2D eigenvalue weighted by molar-refractivity contribution is -0.129. The fourth-order valence-electron chi connectivity index (χ4n) is 2.97. The highest BCUT2D eigenvalue weighted by Gasteiger charge is 2.30. The first-order valence-electron chi connectivity index (χ1n) is 8.03. The third-order valence-corrected chi connectivity index (χ3v) is 4.50. The number of hydrogen-bond acceptors (Lipinski definition) is 5. The van der Waals surface area contributed by atoms with Crippen molar-refractivity contribution in [2.24, 2.45) is 0 Å². The number of amides is 1. The van der Waals surface area contributed by atoms with Crippen LogP contribution >= 0.6 is 11.6 Å². The van der Waals surface area contributed by atoms with Crippen LogP contribution in [0.15, 0.2) is 22.7 Å². The molecule has 24 heavy (non-hydrogen) atoms. The first-order valence-corrected chi connectivity index (χ1v) is 8.41. The van der Waals surface area contributed by atoms with Gasteiger partial charge in [0.15, 0.2) is 5.82 Å². The standard InChI is InChI=1S/C17H20ClN3O3/c1-3-16(22)21-7-6-11(10-21)17-19-15(20-24-17)9-12-8-13(18)4-5-14(12)23-2/h4-5,8,11H,3,6-7,9-10H2,1-2H3/t11-/m1/s1. The van der Waals surface area contributed by atoms with E-state index in [1.807, 2.05) is 24.0 Å². The van der Waals surface area contributed by atoms with E-state index < -0.39 is 0 Å². The van der Waals surface area contributed by atoms with Gasteiger partial charge in [-0.3, -0.25) is 4.79 Å². The highest BCUT2D eigenvalue weighted by atomic mass is 35.5. The summed E-state index contributed by atoms with van der Waals surface area (Å²) in [6.45, 7) is 3.27. The number of benzene rings is 1. The summed E-state index contributed by atoms with van der Waals surface area (Å²) in [4.78, 5) is 18.1. The maximum atomic E-state index is 11.8. The second-order valence-corrected chi connectivity index (χ2v) is 6.30. The second kappa shape index (κ2) is 7.21. The number of rotatable bonds is 5. The van der Waals surface area contributed by atoms with Crippen molar-refractivity contribution in [3.63, 3.8) is 0 Å². The Morgan fingerprint density at radius 3 is 3.08 bits per heavy atom. The van der Waals surface area contributed by atoms with Crippen molar-refractivity contribution in [1.29, 1.82) is 0 Å². The van der Waals surface area contributed by atoms with Crippen LogP contribution in [0.4, 0.5) is 0 Å². The van der Waals surface area contributed by atoms with Crippen LogP contribution < -0.4 is 4.74 Å². The van der Waals surface area contributed by atoms with Crippen LogP contribution in [0.3, 0.4) is 0 Å². The van der Waals surface area contributed by atoms with E-state index in [4.69, 9.17) is 20.9 Å². The van der Waals surface area contributed by atoms with E-state index in [0.29, 0.717) is 36.1 Å². The third kappa shape index (κ3) is 3.53. The zero-order valence-electron chi connectivity index (χ0n) is 13.8. The summed E-state index contributed by atoms with van der Waals surface area (Å²) in [5.41, 5.74) is 0.909. The first-order chi connectivity index (χ1) is 11.6. The van der Waals surface area contributed by atoms with E-state index in [0.717, 1.165) is 24.3 Å². The van der Waals surface area contributed by atoms with Gasteiger partial charge in [0.2, 0.25) is 11.8 Å². The van der Waals surface area contributed by atoms with Crippen molar-refractivity contribution in [3.05, 3.63) is 40.5 Å². The summed E-state index contributed by atoms with van der Waals surface area (Å²) in [5.74, 6) is 2.21. The van der Waals surface area contributed by atoms with Gasteiger partial charge in [-0.1, -0.05) is 23.7 Å². The van der Waals surface area contributed by atoms with Gasteiger partial charge in [-0.25, -0.2) is 0 Å². The van der Waals surface area contributed by atoms with Gasteiger partial charge in [0.05, 0.1) is 13.0 Å². The van der Waals surface area contributed by atoms with Crippen molar-refractivity contribution in [2.75, 3.05) is 20.2 Å². The molecule has 128 valence electrons. The van der Waals surface area contributed by atoms with E-state index in [-0.39, 0.29) is 11.8 Å². The average Bonchev–Trinajstić information content (AvgIpc) is 3.23. The predicted octanol–water partition coefficient (Wildman–Crippen LogP) is 3.05. The number of hydrogen-bond donors (Lipinski definition) is 0. The Hall–Kier alpha value is -2.08. The number of carbonyl (C=O) groups is 1. The topological polar surface area (TPSA) is 68.5 Å². The quantitative estimate of drug-likeness (QED) is 0.829. The van der Waals surface area contributed by atoms with Gasteiger partial charge >= 0.3 is 0 Å². The van der Waals surface area contributed by atoms with Gasteiger partial charge in [-0.05, 0) is 24.6 Å². The van der Waals surface area contributed by atoms with Crippen molar-refractivity contribution < 1.29 is 14.1 Å². The summed E-state index contributed by atoms with van der Waals surface area (Å²) in [6.07, 6.45) is 1.86. The minimum atomic E-state index is 0.114. The fourth-order valence-corrected chi connectivity index (χ4v) is 3.17. The number of halogens is 1. The summed E-state index contributed by atoms with van der Waals surface area (Å²) in [5, 5.41) is 4.70. The Labute approximate surface area is 145 Å². The van der Waals surface area contributed by atoms with Crippen molar-refractivity contribution >= 4 is 17.5 Å². The molecule has 0 spiro atoms. The molecule has 0 N–H and O–H groups in total. The third-order valence-electron chi connectivity index (χ3n) is 4.27. The molecule has 0 aliphatic carbocycles. The van der Waals surface area contributed by atoms with Crippen molar-refractivity contribution in [2.45, 2.75) is 32.1 Å². The normalized spacial score (nSPS) is 17.3. The second-order valence-electron chi connectivity index (χ2n) is 5.86. The number of likely N-dealkylation sites (tertiary alicyclic amines) is 1. The van der Waals surface area contributed by atoms with Gasteiger partial charge in [0, 0.05) is 36.5 Å². The molecule has 1 fully saturated rings. The smallest absolute Gasteiger partial charge is 0.231 e. The molecule has 3 rings (SSSR count). The molecule has 1 amide bonds. The first kappa shape index (κ1) is 16.8. The summed E-state index contributed by atoms with van der Waals surface area (Å²) >= 11 is 6.05. The van der Waals surface area contributed by atoms with Gasteiger partial charge in [0.1, 0.15) is 5.75 Å².